The molecule has 1 heterocycles. The molecule has 1 aliphatic heterocycles. The van der Waals surface area contributed by atoms with Crippen LogP contribution in [0.25, 0.3) is 0 Å². The summed E-state index contributed by atoms with van der Waals surface area (Å²) < 4.78 is 75.0. The molecular weight excluding hydrogens is 547 g/mol. The molecule has 2 amide bonds. The van der Waals surface area contributed by atoms with Crippen LogP contribution in [0, 0.1) is 17.8 Å². The lowest BCUT2D eigenvalue weighted by Crippen LogP contribution is -2.63. The van der Waals surface area contributed by atoms with E-state index in [1.165, 1.54) is 25.2 Å². The minimum atomic E-state index is -6.14. The standard InChI is InChI=1S/C27H28ClF5N2O4/c1-34-23(36)20-8-7-19(14-22(20)28)39-15-17-13-21(17)16-9-11-35(12-10-16)24(37)25(38,18-5-3-2-4-6-18)26(29,30)27(31,32)33/h2-8,14,16-17,21,38H,9-13,15H2,1H3,(H,34,36)/t17-,21-,25-/m1/s1. The first-order chi connectivity index (χ1) is 18.3. The third-order valence-corrected chi connectivity index (χ3v) is 7.91. The minimum absolute atomic E-state index is 0.0484. The van der Waals surface area contributed by atoms with Crippen molar-refractivity contribution < 1.29 is 41.4 Å². The van der Waals surface area contributed by atoms with Crippen molar-refractivity contribution in [2.24, 2.45) is 17.8 Å². The molecule has 39 heavy (non-hydrogen) atoms. The molecule has 2 N–H and O–H groups in total. The molecule has 1 aliphatic carbocycles. The lowest BCUT2D eigenvalue weighted by atomic mass is 9.83. The van der Waals surface area contributed by atoms with E-state index in [4.69, 9.17) is 16.3 Å². The third kappa shape index (κ3) is 5.56. The van der Waals surface area contributed by atoms with Gasteiger partial charge in [-0.15, -0.1) is 0 Å². The number of carbonyl (C=O) groups is 2. The average Bonchev–Trinajstić information content (AvgIpc) is 3.70. The van der Waals surface area contributed by atoms with E-state index >= 15 is 0 Å². The van der Waals surface area contributed by atoms with Crippen molar-refractivity contribution in [3.63, 3.8) is 0 Å². The van der Waals surface area contributed by atoms with Crippen LogP contribution in [0.2, 0.25) is 5.02 Å². The highest BCUT2D eigenvalue weighted by Gasteiger charge is 2.74. The molecule has 0 radical (unpaired) electrons. The molecular formula is C27H28ClF5N2O4. The van der Waals surface area contributed by atoms with Crippen LogP contribution in [0.4, 0.5) is 22.0 Å². The Hall–Kier alpha value is -2.92. The zero-order valence-electron chi connectivity index (χ0n) is 21.0. The number of nitrogens with zero attached hydrogens (tertiary/aromatic N) is 1. The Balaban J connectivity index is 1.36. The zero-order chi connectivity index (χ0) is 28.6. The number of ether oxygens (including phenoxy) is 1. The maximum absolute atomic E-state index is 14.6. The zero-order valence-corrected chi connectivity index (χ0v) is 21.7. The number of halogens is 6. The maximum Gasteiger partial charge on any atom is 0.457 e. The van der Waals surface area contributed by atoms with Crippen molar-refractivity contribution in [2.45, 2.75) is 37.0 Å². The van der Waals surface area contributed by atoms with E-state index in [-0.39, 0.29) is 41.8 Å². The Morgan fingerprint density at radius 1 is 1.08 bits per heavy atom. The largest absolute Gasteiger partial charge is 0.493 e. The number of hydrogen-bond acceptors (Lipinski definition) is 4. The molecule has 2 fully saturated rings. The van der Waals surface area contributed by atoms with Gasteiger partial charge in [0.15, 0.2) is 0 Å². The first kappa shape index (κ1) is 29.1. The Bertz CT molecular complexity index is 1200. The van der Waals surface area contributed by atoms with Gasteiger partial charge >= 0.3 is 12.1 Å². The summed E-state index contributed by atoms with van der Waals surface area (Å²) in [6.45, 7) is 0.297. The number of amides is 2. The molecule has 6 nitrogen and oxygen atoms in total. The summed E-state index contributed by atoms with van der Waals surface area (Å²) in [6, 6.07) is 10.3. The van der Waals surface area contributed by atoms with Gasteiger partial charge in [0.2, 0.25) is 5.60 Å². The number of nitrogens with one attached hydrogen (secondary N) is 1. The van der Waals surface area contributed by atoms with Crippen LogP contribution < -0.4 is 10.1 Å². The van der Waals surface area contributed by atoms with E-state index in [0.29, 0.717) is 30.8 Å². The summed E-state index contributed by atoms with van der Waals surface area (Å²) in [5.41, 5.74) is -4.57. The van der Waals surface area contributed by atoms with Gasteiger partial charge in [-0.1, -0.05) is 41.9 Å². The molecule has 1 saturated carbocycles. The van der Waals surface area contributed by atoms with Crippen molar-refractivity contribution in [1.29, 1.82) is 0 Å². The summed E-state index contributed by atoms with van der Waals surface area (Å²) in [4.78, 5) is 25.7. The lowest BCUT2D eigenvalue weighted by Gasteiger charge is -2.41. The van der Waals surface area contributed by atoms with Gasteiger partial charge in [-0.2, -0.15) is 22.0 Å². The first-order valence-corrected chi connectivity index (χ1v) is 12.8. The number of hydrogen-bond donors (Lipinski definition) is 2. The van der Waals surface area contributed by atoms with E-state index in [0.717, 1.165) is 23.5 Å². The second-order valence-electron chi connectivity index (χ2n) is 9.97. The maximum atomic E-state index is 14.6. The highest BCUT2D eigenvalue weighted by Crippen LogP contribution is 2.51. The number of piperidine rings is 1. The molecule has 212 valence electrons. The SMILES string of the molecule is CNC(=O)c1ccc(OC[C@H]2C[C@@H]2C2CCN(C(=O)[C@](O)(c3ccccc3)C(F)(F)C(F)(F)F)CC2)cc1Cl. The van der Waals surface area contributed by atoms with Crippen LogP contribution in [-0.4, -0.2) is 60.7 Å². The van der Waals surface area contributed by atoms with Gasteiger partial charge in [-0.05, 0) is 60.8 Å². The van der Waals surface area contributed by atoms with E-state index < -0.39 is 29.2 Å². The van der Waals surface area contributed by atoms with Gasteiger partial charge in [0.05, 0.1) is 17.2 Å². The summed E-state index contributed by atoms with van der Waals surface area (Å²) >= 11 is 6.15. The Labute approximate surface area is 227 Å². The van der Waals surface area contributed by atoms with Gasteiger partial charge < -0.3 is 20.1 Å². The molecule has 1 saturated heterocycles. The number of alkyl halides is 5. The predicted octanol–water partition coefficient (Wildman–Crippen LogP) is 5.04. The molecule has 0 aromatic heterocycles. The van der Waals surface area contributed by atoms with Crippen molar-refractivity contribution in [3.05, 3.63) is 64.7 Å². The molecule has 0 unspecified atom stereocenters. The second-order valence-corrected chi connectivity index (χ2v) is 10.4. The molecule has 2 aromatic carbocycles. The normalized spacial score (nSPS) is 21.7. The Kier molecular flexibility index (Phi) is 8.14. The van der Waals surface area contributed by atoms with Gasteiger partial charge in [0.1, 0.15) is 5.75 Å². The fourth-order valence-electron chi connectivity index (χ4n) is 5.23. The molecule has 3 atom stereocenters. The smallest absolute Gasteiger partial charge is 0.457 e. The number of benzene rings is 2. The number of rotatable bonds is 8. The van der Waals surface area contributed by atoms with E-state index in [1.807, 2.05) is 0 Å². The molecule has 0 spiro atoms. The fraction of sp³-hybridized carbons (Fsp3) is 0.481. The number of aliphatic hydroxyl groups is 1. The van der Waals surface area contributed by atoms with Gasteiger partial charge in [-0.3, -0.25) is 9.59 Å². The van der Waals surface area contributed by atoms with Crippen LogP contribution in [0.5, 0.6) is 5.75 Å². The van der Waals surface area contributed by atoms with Gasteiger partial charge in [0.25, 0.3) is 11.8 Å². The van der Waals surface area contributed by atoms with Crippen molar-refractivity contribution in [2.75, 3.05) is 26.7 Å². The monoisotopic (exact) mass is 574 g/mol. The van der Waals surface area contributed by atoms with Gasteiger partial charge in [0, 0.05) is 20.1 Å². The summed E-state index contributed by atoms with van der Waals surface area (Å²) in [7, 11) is 1.50. The summed E-state index contributed by atoms with van der Waals surface area (Å²) in [6.07, 6.45) is -4.48. The Morgan fingerprint density at radius 3 is 2.28 bits per heavy atom. The van der Waals surface area contributed by atoms with Gasteiger partial charge in [-0.25, -0.2) is 0 Å². The second kappa shape index (κ2) is 10.9. The predicted molar refractivity (Wildman–Crippen MR) is 133 cm³/mol. The highest BCUT2D eigenvalue weighted by atomic mass is 35.5. The quantitative estimate of drug-likeness (QED) is 0.433. The van der Waals surface area contributed by atoms with E-state index in [9.17, 15) is 36.6 Å². The Morgan fingerprint density at radius 2 is 1.72 bits per heavy atom. The van der Waals surface area contributed by atoms with Crippen LogP contribution in [-0.2, 0) is 10.4 Å². The molecule has 4 rings (SSSR count). The van der Waals surface area contributed by atoms with Crippen LogP contribution in [0.1, 0.15) is 35.2 Å². The van der Waals surface area contributed by atoms with Crippen LogP contribution in [0.15, 0.2) is 48.5 Å². The number of carbonyl (C=O) groups excluding carboxylic acids is 2. The van der Waals surface area contributed by atoms with E-state index in [1.54, 1.807) is 18.2 Å². The molecule has 0 bridgehead atoms. The van der Waals surface area contributed by atoms with Crippen molar-refractivity contribution >= 4 is 23.4 Å². The highest BCUT2D eigenvalue weighted by molar-refractivity contribution is 6.34. The van der Waals surface area contributed by atoms with Crippen LogP contribution in [0.3, 0.4) is 0 Å². The summed E-state index contributed by atoms with van der Waals surface area (Å²) in [5, 5.41) is 13.5. The van der Waals surface area contributed by atoms with Crippen molar-refractivity contribution in [1.82, 2.24) is 10.2 Å². The van der Waals surface area contributed by atoms with Crippen LogP contribution >= 0.6 is 11.6 Å². The minimum Gasteiger partial charge on any atom is -0.493 e. The number of likely N-dealkylation sites (tertiary alicyclic amines) is 1. The van der Waals surface area contributed by atoms with E-state index in [2.05, 4.69) is 5.32 Å². The average molecular weight is 575 g/mol. The van der Waals surface area contributed by atoms with Crippen molar-refractivity contribution in [3.8, 4) is 5.75 Å². The molecule has 12 heteroatoms. The first-order valence-electron chi connectivity index (χ1n) is 12.5. The fourth-order valence-corrected chi connectivity index (χ4v) is 5.49. The lowest BCUT2D eigenvalue weighted by molar-refractivity contribution is -0.339. The third-order valence-electron chi connectivity index (χ3n) is 7.60. The molecule has 2 aromatic rings. The topological polar surface area (TPSA) is 78.9 Å². The summed E-state index contributed by atoms with van der Waals surface area (Å²) in [5.74, 6) is -6.57. The molecule has 2 aliphatic rings.